The van der Waals surface area contributed by atoms with Crippen LogP contribution in [0.2, 0.25) is 0 Å². The molecule has 0 heterocycles. The first-order valence-electron chi connectivity index (χ1n) is 16.5. The van der Waals surface area contributed by atoms with Crippen molar-refractivity contribution >= 4 is 256 Å². The van der Waals surface area contributed by atoms with Crippen LogP contribution in [-0.2, 0) is 0 Å². The van der Waals surface area contributed by atoms with Crippen LogP contribution >= 0.6 is 0 Å². The second-order valence-corrected chi connectivity index (χ2v) is 15.5. The molecule has 0 N–H and O–H groups in total. The molecule has 0 bridgehead atoms. The van der Waals surface area contributed by atoms with Gasteiger partial charge in [0, 0.05) is 116 Å². The average Bonchev–Trinajstić information content (AvgIpc) is 2.73. The van der Waals surface area contributed by atoms with Gasteiger partial charge in [-0.3, -0.25) is 0 Å². The molecule has 0 saturated carbocycles. The molecule has 0 nitrogen and oxygen atoms in total. The van der Waals surface area contributed by atoms with Crippen LogP contribution < -0.4 is 0 Å². The van der Waals surface area contributed by atoms with Crippen LogP contribution in [0, 0.1) is 0 Å². The van der Waals surface area contributed by atoms with Gasteiger partial charge in [-0.15, -0.1) is 0 Å². The lowest BCUT2D eigenvalue weighted by atomic mass is 8.29. The Labute approximate surface area is 254 Å². The Kier molecular flexibility index (Phi) is 19.2. The summed E-state index contributed by atoms with van der Waals surface area (Å²) in [7, 11) is 48.3. The summed E-state index contributed by atoms with van der Waals surface area (Å²) in [5.41, 5.74) is 0. The van der Waals surface area contributed by atoms with E-state index in [9.17, 15) is 0 Å². The molecule has 0 aliphatic carbocycles. The Morgan fingerprint density at radius 2 is 0.444 bits per heavy atom. The highest BCUT2D eigenvalue weighted by Gasteiger charge is 2.55. The van der Waals surface area contributed by atoms with E-state index < -0.39 is 0 Å². The predicted octanol–water partition coefficient (Wildman–Crippen LogP) is -23.9. The van der Waals surface area contributed by atoms with Crippen LogP contribution in [0.4, 0.5) is 0 Å². The van der Waals surface area contributed by atoms with E-state index in [1.165, 1.54) is 14.1 Å². The summed E-state index contributed by atoms with van der Waals surface area (Å²) >= 11 is 0. The van der Waals surface area contributed by atoms with Crippen molar-refractivity contribution in [2.45, 2.75) is 0 Å². The van der Waals surface area contributed by atoms with Gasteiger partial charge in [0.05, 0.1) is 139 Å². The van der Waals surface area contributed by atoms with Gasteiger partial charge in [-0.1, -0.05) is 0 Å². The maximum atomic E-state index is 2.62. The predicted molar refractivity (Wildman–Crippen MR) is 260 cm³/mol. The summed E-state index contributed by atoms with van der Waals surface area (Å²) in [6, 6.07) is 0. The van der Waals surface area contributed by atoms with Crippen molar-refractivity contribution in [1.82, 2.24) is 0 Å². The quantitative estimate of drug-likeness (QED) is 0.202. The highest BCUT2D eigenvalue weighted by molar-refractivity contribution is 8.29. The van der Waals surface area contributed by atoms with Crippen LogP contribution in [-0.4, -0.2) is 256 Å². The van der Waals surface area contributed by atoms with Gasteiger partial charge in [0.25, 0.3) is 0 Å². The van der Waals surface area contributed by atoms with Crippen molar-refractivity contribution in [2.24, 2.45) is 0 Å². The lowest BCUT2D eigenvalue weighted by Crippen LogP contribution is -2.90. The molecule has 0 fully saturated rings. The first kappa shape index (κ1) is 38.3. The lowest BCUT2D eigenvalue weighted by molar-refractivity contribution is 3.23. The van der Waals surface area contributed by atoms with Gasteiger partial charge in [-0.25, -0.2) is 0 Å². The minimum Gasteiger partial charge on any atom is 0.000144 e. The molecule has 0 amide bonds. The standard InChI is InChI=1S/B36H38/c1-19-28(17)34(31(23(7)8)24(9)10)36(33(27(15)16)30(21(3)4)22(5)6)35(29(18)20-2)32(25(11)12)26(13)14/h19-20H,1-18H2. The Bertz CT molecular complexity index is 492. The molecule has 0 aromatic rings. The monoisotopic (exact) mass is 435 g/mol. The van der Waals surface area contributed by atoms with Crippen LogP contribution in [0.1, 0.15) is 0 Å². The highest BCUT2D eigenvalue weighted by atomic mass is 13.4. The molecule has 0 aliphatic rings. The molecule has 36 heavy (non-hydrogen) atoms. The van der Waals surface area contributed by atoms with Crippen molar-refractivity contribution in [2.75, 3.05) is 0 Å². The van der Waals surface area contributed by atoms with Crippen molar-refractivity contribution in [3.05, 3.63) is 0 Å². The summed E-state index contributed by atoms with van der Waals surface area (Å²) in [5, 5.41) is 0. The second-order valence-electron chi connectivity index (χ2n) is 15.5. The van der Waals surface area contributed by atoms with Gasteiger partial charge in [0.15, 0.2) is 0 Å². The van der Waals surface area contributed by atoms with Crippen LogP contribution in [0.3, 0.4) is 0 Å². The minimum atomic E-state index is 0.711. The summed E-state index contributed by atoms with van der Waals surface area (Å²) in [6.45, 7) is 0. The summed E-state index contributed by atoms with van der Waals surface area (Å²) < 4.78 is 0. The van der Waals surface area contributed by atoms with Crippen molar-refractivity contribution < 1.29 is 0 Å². The van der Waals surface area contributed by atoms with Gasteiger partial charge in [0.1, 0.15) is 0 Å². The summed E-state index contributed by atoms with van der Waals surface area (Å²) in [4.78, 5) is 0. The first-order valence-corrected chi connectivity index (χ1v) is 16.5. The molecule has 0 radical (unpaired) electrons. The Morgan fingerprint density at radius 3 is 0.611 bits per heavy atom. The van der Waals surface area contributed by atoms with Gasteiger partial charge >= 0.3 is 0 Å². The molecular formula is H38B36. The van der Waals surface area contributed by atoms with E-state index in [4.69, 9.17) is 0 Å². The first-order chi connectivity index (χ1) is 16.5. The average molecular weight is 428 g/mol. The summed E-state index contributed by atoms with van der Waals surface area (Å²) in [6.07, 6.45) is 12.0. The van der Waals surface area contributed by atoms with E-state index in [-0.39, 0.29) is 0 Å². The van der Waals surface area contributed by atoms with E-state index >= 15 is 0 Å². The van der Waals surface area contributed by atoms with Crippen LogP contribution in [0.15, 0.2) is 0 Å². The van der Waals surface area contributed by atoms with E-state index in [1.54, 1.807) is 0 Å². The maximum absolute atomic E-state index is 2.62. The van der Waals surface area contributed by atoms with E-state index in [1.807, 2.05) is 0 Å². The summed E-state index contributed by atoms with van der Waals surface area (Å²) in [5.74, 6) is 0. The highest BCUT2D eigenvalue weighted by Crippen LogP contribution is 2.16. The van der Waals surface area contributed by atoms with E-state index in [2.05, 4.69) is 139 Å². The smallest absolute Gasteiger partial charge is 0.000144 e. The number of hydrogen-bond acceptors (Lipinski definition) is 0. The molecule has 36 heteroatoms. The topological polar surface area (TPSA) is 0 Å². The third-order valence-electron chi connectivity index (χ3n) is 10.7. The van der Waals surface area contributed by atoms with E-state index in [0.29, 0.717) is 6.39 Å². The zero-order valence-electron chi connectivity index (χ0n) is 28.7. The largest absolute Gasteiger partial charge is 0.0594 e. The van der Waals surface area contributed by atoms with Gasteiger partial charge in [-0.2, -0.15) is 0 Å². The Balaban J connectivity index is 7.74. The molecule has 0 aromatic carbocycles. The van der Waals surface area contributed by atoms with E-state index in [0.717, 1.165) is 95.8 Å². The Morgan fingerprint density at radius 1 is 0.250 bits per heavy atom. The lowest BCUT2D eigenvalue weighted by Gasteiger charge is -2.51. The molecule has 0 rings (SSSR count). The fourth-order valence-electron chi connectivity index (χ4n) is 9.47. The Hall–Kier alpha value is 2.34. The molecule has 0 aromatic heterocycles. The molecular weight excluding hydrogens is 389 g/mol. The molecule has 0 atom stereocenters. The molecule has 0 spiro atoms. The van der Waals surface area contributed by atoms with Crippen molar-refractivity contribution in [3.63, 3.8) is 0 Å². The fourth-order valence-corrected chi connectivity index (χ4v) is 9.47. The van der Waals surface area contributed by atoms with Crippen molar-refractivity contribution in [3.8, 4) is 0 Å². The zero-order chi connectivity index (χ0) is 28.7. The normalized spacial score (nSPS) is 9.44. The van der Waals surface area contributed by atoms with Crippen LogP contribution in [0.5, 0.6) is 0 Å². The SMILES string of the molecule is BBB(B)B(B(B(B)B)B(B)B)B(B(B(B)B)B(B(B)B)B(B)B)B(B(B)BB)B(B(B)B)B(B)B. The van der Waals surface area contributed by atoms with Crippen molar-refractivity contribution in [1.29, 1.82) is 0 Å². The number of hydrogen-bond donors (Lipinski definition) is 0. The minimum absolute atomic E-state index is 0.711. The molecule has 0 unspecified atom stereocenters. The van der Waals surface area contributed by atoms with Gasteiger partial charge in [-0.05, 0) is 0 Å². The zero-order valence-corrected chi connectivity index (χ0v) is 28.7. The fraction of sp³-hybridized carbons (Fsp3) is 0. The third-order valence-corrected chi connectivity index (χ3v) is 10.7. The molecule has 0 aliphatic heterocycles. The number of rotatable bonds is 17. The maximum Gasteiger partial charge on any atom is 0.0594 e. The molecule has 0 saturated heterocycles. The van der Waals surface area contributed by atoms with Crippen LogP contribution in [0.25, 0.3) is 0 Å². The van der Waals surface area contributed by atoms with Gasteiger partial charge in [0.2, 0.25) is 0 Å². The van der Waals surface area contributed by atoms with Gasteiger partial charge < -0.3 is 0 Å². The third kappa shape index (κ3) is 10.3. The second kappa shape index (κ2) is 18.0. The molecule has 146 valence electrons.